The van der Waals surface area contributed by atoms with Crippen LogP contribution in [0.2, 0.25) is 0 Å². The van der Waals surface area contributed by atoms with E-state index in [1.54, 1.807) is 42.5 Å². The van der Waals surface area contributed by atoms with Crippen molar-refractivity contribution in [2.45, 2.75) is 55.9 Å². The van der Waals surface area contributed by atoms with E-state index >= 15 is 0 Å². The summed E-state index contributed by atoms with van der Waals surface area (Å²) in [6.45, 7) is -0.111. The molecular weight excluding hydrogens is 752 g/mol. The third-order valence-electron chi connectivity index (χ3n) is 10.8. The van der Waals surface area contributed by atoms with Gasteiger partial charge < -0.3 is 21.1 Å². The van der Waals surface area contributed by atoms with Gasteiger partial charge in [-0.2, -0.15) is 26.3 Å². The van der Waals surface area contributed by atoms with Gasteiger partial charge in [0, 0.05) is 25.2 Å². The second kappa shape index (κ2) is 17.0. The number of halogens is 6. The summed E-state index contributed by atoms with van der Waals surface area (Å²) < 4.78 is 79.7. The van der Waals surface area contributed by atoms with Crippen LogP contribution in [0.15, 0.2) is 97.1 Å². The second-order valence-electron chi connectivity index (χ2n) is 14.3. The van der Waals surface area contributed by atoms with Crippen LogP contribution in [0.3, 0.4) is 0 Å². The number of nitrogens with two attached hydrogens (primary N) is 1. The zero-order valence-corrected chi connectivity index (χ0v) is 31.0. The molecule has 1 fully saturated rings. The van der Waals surface area contributed by atoms with E-state index in [-0.39, 0.29) is 25.1 Å². The number of nitrogens with one attached hydrogen (secondary N) is 1. The summed E-state index contributed by atoms with van der Waals surface area (Å²) in [5.74, 6) is -1.34. The molecule has 4 N–H and O–H groups in total. The van der Waals surface area contributed by atoms with Crippen LogP contribution in [0.1, 0.15) is 59.2 Å². The Labute approximate surface area is 326 Å². The Morgan fingerprint density at radius 2 is 1.35 bits per heavy atom. The third-order valence-corrected chi connectivity index (χ3v) is 10.8. The Balaban J connectivity index is 1.16. The quantitative estimate of drug-likeness (QED) is 0.0762. The monoisotopic (exact) mass is 795 g/mol. The summed E-state index contributed by atoms with van der Waals surface area (Å²) >= 11 is 0. The summed E-state index contributed by atoms with van der Waals surface area (Å²) in [7, 11) is 0. The Morgan fingerprint density at radius 1 is 0.789 bits per heavy atom. The molecule has 0 aromatic heterocycles. The van der Waals surface area contributed by atoms with Gasteiger partial charge in [0.25, 0.3) is 5.91 Å². The zero-order valence-electron chi connectivity index (χ0n) is 31.0. The number of nitrogens with zero attached hydrogens (tertiary/aromatic N) is 3. The normalized spacial score (nSPS) is 15.4. The van der Waals surface area contributed by atoms with Crippen molar-refractivity contribution in [2.24, 2.45) is 5.73 Å². The van der Waals surface area contributed by atoms with E-state index in [0.29, 0.717) is 67.6 Å². The number of unbranched alkanes of at least 4 members (excludes halogenated alkanes) is 1. The van der Waals surface area contributed by atoms with Crippen molar-refractivity contribution in [1.29, 1.82) is 0 Å². The van der Waals surface area contributed by atoms with Crippen LogP contribution >= 0.6 is 0 Å². The van der Waals surface area contributed by atoms with Crippen molar-refractivity contribution in [2.75, 3.05) is 39.3 Å². The van der Waals surface area contributed by atoms with Crippen molar-refractivity contribution in [1.82, 2.24) is 20.2 Å². The van der Waals surface area contributed by atoms with E-state index < -0.39 is 53.8 Å². The van der Waals surface area contributed by atoms with E-state index in [2.05, 4.69) is 10.2 Å². The maximum absolute atomic E-state index is 14.4. The molecule has 57 heavy (non-hydrogen) atoms. The van der Waals surface area contributed by atoms with E-state index in [1.807, 2.05) is 24.3 Å². The fraction of sp³-hybridized carbons (Fsp3) is 0.357. The van der Waals surface area contributed by atoms with Crippen molar-refractivity contribution < 1.29 is 45.8 Å². The maximum atomic E-state index is 14.4. The number of hydrazine groups is 1. The van der Waals surface area contributed by atoms with Crippen LogP contribution in [0.25, 0.3) is 22.3 Å². The van der Waals surface area contributed by atoms with Crippen LogP contribution < -0.4 is 11.1 Å². The first-order valence-electron chi connectivity index (χ1n) is 18.7. The number of carbonyl (C=O) groups excluding carboxylic acids is 2. The lowest BCUT2D eigenvalue weighted by molar-refractivity contribution is -0.141. The number of rotatable bonds is 12. The summed E-state index contributed by atoms with van der Waals surface area (Å²) in [4.78, 5) is 42.9. The third kappa shape index (κ3) is 8.79. The maximum Gasteiger partial charge on any atom is 0.426 e. The van der Waals surface area contributed by atoms with Crippen molar-refractivity contribution in [3.8, 4) is 22.3 Å². The highest BCUT2D eigenvalue weighted by Crippen LogP contribution is 2.51. The number of alkyl halides is 6. The van der Waals surface area contributed by atoms with Crippen molar-refractivity contribution >= 4 is 17.9 Å². The summed E-state index contributed by atoms with van der Waals surface area (Å²) in [6, 6.07) is 24.8. The number of likely N-dealkylation sites (tertiary alicyclic amines) is 1. The zero-order chi connectivity index (χ0) is 41.0. The van der Waals surface area contributed by atoms with E-state index in [0.717, 1.165) is 28.3 Å². The van der Waals surface area contributed by atoms with Gasteiger partial charge in [0.1, 0.15) is 12.0 Å². The smallest absolute Gasteiger partial charge is 0.426 e. The number of carbonyl (C=O) groups is 3. The van der Waals surface area contributed by atoms with E-state index in [9.17, 15) is 45.8 Å². The first kappa shape index (κ1) is 41.2. The van der Waals surface area contributed by atoms with Crippen LogP contribution in [0.4, 0.5) is 31.1 Å². The van der Waals surface area contributed by atoms with Gasteiger partial charge in [-0.1, -0.05) is 85.3 Å². The molecule has 0 bridgehead atoms. The fourth-order valence-electron chi connectivity index (χ4n) is 8.17. The molecule has 4 aromatic rings. The predicted octanol–water partition coefficient (Wildman–Crippen LogP) is 7.95. The highest BCUT2D eigenvalue weighted by atomic mass is 19.4. The number of hydrogen-bond acceptors (Lipinski definition) is 5. The van der Waals surface area contributed by atoms with Crippen LogP contribution in [0, 0.1) is 0 Å². The van der Waals surface area contributed by atoms with Crippen molar-refractivity contribution in [3.63, 3.8) is 0 Å². The molecule has 4 aromatic carbocycles. The standard InChI is InChI=1S/C42H43F6N5O4/c43-41(44,45)27-50-38(55)40(35-13-5-3-10-32(35)33-11-4-6-14-36(33)40)21-7-8-23-51-24-19-30(20-25-51)53(52(26-22-49)39(56)57)37(54)34-12-2-1-9-31(34)28-15-17-29(18-16-28)42(46,47)48/h1-6,9-18,30H,7-8,19-27,49H2,(H,50,55)(H,56,57). The fourth-order valence-corrected chi connectivity index (χ4v) is 8.17. The Morgan fingerprint density at radius 3 is 1.89 bits per heavy atom. The summed E-state index contributed by atoms with van der Waals surface area (Å²) in [6.07, 6.45) is -8.32. The highest BCUT2D eigenvalue weighted by molar-refractivity contribution is 6.02. The molecule has 0 atom stereocenters. The molecule has 0 radical (unpaired) electrons. The van der Waals surface area contributed by atoms with Gasteiger partial charge in [0.2, 0.25) is 5.91 Å². The first-order valence-corrected chi connectivity index (χ1v) is 18.7. The van der Waals surface area contributed by atoms with Gasteiger partial charge in [-0.05, 0) is 83.8 Å². The number of fused-ring (bicyclic) bond motifs is 3. The molecule has 2 aliphatic rings. The van der Waals surface area contributed by atoms with Gasteiger partial charge in [-0.25, -0.2) is 14.8 Å². The molecule has 0 unspecified atom stereocenters. The number of amides is 3. The summed E-state index contributed by atoms with van der Waals surface area (Å²) in [5.41, 5.74) is 7.38. The number of carboxylic acid groups (broad SMARTS) is 1. The molecule has 1 heterocycles. The Hall–Kier alpha value is -5.41. The second-order valence-corrected chi connectivity index (χ2v) is 14.3. The average molecular weight is 796 g/mol. The molecule has 0 saturated carbocycles. The number of hydrogen-bond donors (Lipinski definition) is 3. The molecule has 0 spiro atoms. The molecule has 15 heteroatoms. The van der Waals surface area contributed by atoms with Crippen LogP contribution in [0.5, 0.6) is 0 Å². The summed E-state index contributed by atoms with van der Waals surface area (Å²) in [5, 5.41) is 14.5. The van der Waals surface area contributed by atoms with Gasteiger partial charge in [0.15, 0.2) is 0 Å². The molecule has 9 nitrogen and oxygen atoms in total. The van der Waals surface area contributed by atoms with Gasteiger partial charge >= 0.3 is 18.4 Å². The molecule has 1 saturated heterocycles. The Bertz CT molecular complexity index is 2020. The lowest BCUT2D eigenvalue weighted by Crippen LogP contribution is -2.58. The molecule has 6 rings (SSSR count). The molecular formula is C42H43F6N5O4. The minimum atomic E-state index is -4.58. The minimum absolute atomic E-state index is 0.0693. The minimum Gasteiger partial charge on any atom is -0.464 e. The molecule has 302 valence electrons. The van der Waals surface area contributed by atoms with Gasteiger partial charge in [0.05, 0.1) is 18.2 Å². The molecule has 3 amide bonds. The highest BCUT2D eigenvalue weighted by Gasteiger charge is 2.49. The van der Waals surface area contributed by atoms with Crippen molar-refractivity contribution in [3.05, 3.63) is 119 Å². The largest absolute Gasteiger partial charge is 0.464 e. The lowest BCUT2D eigenvalue weighted by Gasteiger charge is -2.42. The van der Waals surface area contributed by atoms with Gasteiger partial charge in [-0.3, -0.25) is 9.59 Å². The van der Waals surface area contributed by atoms with Crippen LogP contribution in [-0.2, 0) is 16.4 Å². The predicted molar refractivity (Wildman–Crippen MR) is 202 cm³/mol. The topological polar surface area (TPSA) is 119 Å². The first-order chi connectivity index (χ1) is 27.2. The Kier molecular flexibility index (Phi) is 12.3. The van der Waals surface area contributed by atoms with E-state index in [4.69, 9.17) is 5.73 Å². The average Bonchev–Trinajstić information content (AvgIpc) is 3.48. The lowest BCUT2D eigenvalue weighted by atomic mass is 9.73. The molecule has 1 aliphatic carbocycles. The van der Waals surface area contributed by atoms with Crippen LogP contribution in [-0.4, -0.2) is 89.4 Å². The SMILES string of the molecule is NCCN(C(=O)O)N(C(=O)c1ccccc1-c1ccc(C(F)(F)F)cc1)C1CCN(CCCCC2(C(=O)NCC(F)(F)F)c3ccccc3-c3ccccc32)CC1. The number of benzene rings is 4. The number of piperidine rings is 1. The van der Waals surface area contributed by atoms with Gasteiger partial charge in [-0.15, -0.1) is 0 Å². The molecule has 1 aliphatic heterocycles. The van der Waals surface area contributed by atoms with E-state index in [1.165, 1.54) is 23.2 Å².